The molecule has 3 N–H and O–H groups in total. The largest absolute Gasteiger partial charge is 0.349 e. The molecule has 26 heavy (non-hydrogen) atoms. The molecule has 3 aromatic rings. The van der Waals surface area contributed by atoms with Crippen LogP contribution in [0.15, 0.2) is 59.4 Å². The highest BCUT2D eigenvalue weighted by Crippen LogP contribution is 2.20. The number of benzene rings is 2. The lowest BCUT2D eigenvalue weighted by molar-refractivity contribution is 0.0950. The van der Waals surface area contributed by atoms with Crippen molar-refractivity contribution < 1.29 is 9.59 Å². The maximum atomic E-state index is 12.4. The molecule has 0 unspecified atom stereocenters. The van der Waals surface area contributed by atoms with Crippen molar-refractivity contribution in [1.82, 2.24) is 10.3 Å². The van der Waals surface area contributed by atoms with Crippen molar-refractivity contribution in [2.24, 2.45) is 0 Å². The van der Waals surface area contributed by atoms with Crippen molar-refractivity contribution in [2.45, 2.75) is 18.9 Å². The Bertz CT molecular complexity index is 1050. The molecule has 1 aliphatic carbocycles. The van der Waals surface area contributed by atoms with Crippen molar-refractivity contribution in [3.05, 3.63) is 76.2 Å². The summed E-state index contributed by atoms with van der Waals surface area (Å²) in [5.74, 6) is -0.521. The monoisotopic (exact) mass is 347 g/mol. The molecule has 2 amide bonds. The zero-order valence-electron chi connectivity index (χ0n) is 13.9. The lowest BCUT2D eigenvalue weighted by Gasteiger charge is -2.08. The zero-order chi connectivity index (χ0) is 18.1. The van der Waals surface area contributed by atoms with E-state index in [0.717, 1.165) is 12.8 Å². The number of pyridine rings is 1. The van der Waals surface area contributed by atoms with E-state index in [9.17, 15) is 14.4 Å². The number of hydrogen-bond donors (Lipinski definition) is 3. The molecule has 0 spiro atoms. The van der Waals surface area contributed by atoms with Crippen LogP contribution in [0.3, 0.4) is 0 Å². The van der Waals surface area contributed by atoms with E-state index in [1.54, 1.807) is 48.5 Å². The lowest BCUT2D eigenvalue weighted by atomic mass is 10.1. The topological polar surface area (TPSA) is 91.1 Å². The highest BCUT2D eigenvalue weighted by molar-refractivity contribution is 6.05. The molecule has 6 nitrogen and oxygen atoms in total. The molecule has 1 fully saturated rings. The highest BCUT2D eigenvalue weighted by atomic mass is 16.2. The molecule has 0 bridgehead atoms. The van der Waals surface area contributed by atoms with E-state index in [-0.39, 0.29) is 17.2 Å². The van der Waals surface area contributed by atoms with E-state index >= 15 is 0 Å². The average Bonchev–Trinajstić information content (AvgIpc) is 3.46. The van der Waals surface area contributed by atoms with Gasteiger partial charge in [0, 0.05) is 22.7 Å². The normalized spacial score (nSPS) is 13.4. The number of carbonyl (C=O) groups excluding carboxylic acids is 2. The van der Waals surface area contributed by atoms with Crippen molar-refractivity contribution >= 4 is 28.3 Å². The molecule has 2 aromatic carbocycles. The van der Waals surface area contributed by atoms with Crippen LogP contribution in [0.1, 0.15) is 33.7 Å². The van der Waals surface area contributed by atoms with Gasteiger partial charge in [0.05, 0.1) is 0 Å². The van der Waals surface area contributed by atoms with Crippen molar-refractivity contribution in [3.63, 3.8) is 0 Å². The summed E-state index contributed by atoms with van der Waals surface area (Å²) in [5.41, 5.74) is 0.977. The molecule has 1 saturated carbocycles. The summed E-state index contributed by atoms with van der Waals surface area (Å²) in [6, 6.07) is 15.7. The minimum Gasteiger partial charge on any atom is -0.349 e. The second kappa shape index (κ2) is 6.48. The second-order valence-corrected chi connectivity index (χ2v) is 6.38. The highest BCUT2D eigenvalue weighted by Gasteiger charge is 2.23. The maximum absolute atomic E-state index is 12.4. The summed E-state index contributed by atoms with van der Waals surface area (Å²) in [5, 5.41) is 6.88. The molecule has 0 saturated heterocycles. The van der Waals surface area contributed by atoms with Gasteiger partial charge in [0.25, 0.3) is 17.4 Å². The van der Waals surface area contributed by atoms with Gasteiger partial charge in [-0.1, -0.05) is 18.2 Å². The van der Waals surface area contributed by atoms with Crippen LogP contribution >= 0.6 is 0 Å². The average molecular weight is 347 g/mol. The zero-order valence-corrected chi connectivity index (χ0v) is 13.9. The standard InChI is InChI=1S/C20H17N3O3/c24-18(21-15-9-10-15)12-5-7-14(8-6-12)22-20(26)17-11-13-3-1-2-4-16(13)19(25)23-17/h1-8,11,15H,9-10H2,(H,21,24)(H,22,26)(H,23,25). The van der Waals surface area contributed by atoms with Crippen molar-refractivity contribution in [2.75, 3.05) is 5.32 Å². The Labute approximate surface area is 149 Å². The Morgan fingerprint density at radius 3 is 2.42 bits per heavy atom. The van der Waals surface area contributed by atoms with E-state index in [1.165, 1.54) is 0 Å². The third-order valence-electron chi connectivity index (χ3n) is 4.32. The van der Waals surface area contributed by atoms with Gasteiger partial charge in [0.15, 0.2) is 0 Å². The Kier molecular flexibility index (Phi) is 4.01. The van der Waals surface area contributed by atoms with Gasteiger partial charge in [-0.2, -0.15) is 0 Å². The number of fused-ring (bicyclic) bond motifs is 1. The molecule has 1 aromatic heterocycles. The second-order valence-electron chi connectivity index (χ2n) is 6.38. The first kappa shape index (κ1) is 16.1. The first-order valence-corrected chi connectivity index (χ1v) is 8.44. The van der Waals surface area contributed by atoms with Crippen molar-refractivity contribution in [1.29, 1.82) is 0 Å². The van der Waals surface area contributed by atoms with Crippen LogP contribution in [0.4, 0.5) is 5.69 Å². The molecular formula is C20H17N3O3. The number of carbonyl (C=O) groups is 2. The number of anilines is 1. The summed E-state index contributed by atoms with van der Waals surface area (Å²) >= 11 is 0. The quantitative estimate of drug-likeness (QED) is 0.678. The predicted octanol–water partition coefficient (Wildman–Crippen LogP) is 2.67. The van der Waals surface area contributed by atoms with Crippen LogP contribution in [0, 0.1) is 0 Å². The molecular weight excluding hydrogens is 330 g/mol. The minimum absolute atomic E-state index is 0.107. The molecule has 0 radical (unpaired) electrons. The van der Waals surface area contributed by atoms with E-state index < -0.39 is 5.91 Å². The number of H-pyrrole nitrogens is 1. The fourth-order valence-electron chi connectivity index (χ4n) is 2.73. The third kappa shape index (κ3) is 3.35. The summed E-state index contributed by atoms with van der Waals surface area (Å²) in [4.78, 5) is 39.1. The van der Waals surface area contributed by atoms with E-state index in [0.29, 0.717) is 28.1 Å². The first-order valence-electron chi connectivity index (χ1n) is 8.44. The molecule has 0 aliphatic heterocycles. The number of nitrogens with one attached hydrogen (secondary N) is 3. The van der Waals surface area contributed by atoms with Crippen LogP contribution in [-0.2, 0) is 0 Å². The number of aromatic amines is 1. The van der Waals surface area contributed by atoms with Gasteiger partial charge in [-0.3, -0.25) is 14.4 Å². The maximum Gasteiger partial charge on any atom is 0.272 e. The molecule has 0 atom stereocenters. The lowest BCUT2D eigenvalue weighted by Crippen LogP contribution is -2.25. The molecule has 130 valence electrons. The third-order valence-corrected chi connectivity index (χ3v) is 4.32. The van der Waals surface area contributed by atoms with Crippen LogP contribution in [-0.4, -0.2) is 22.8 Å². The summed E-state index contributed by atoms with van der Waals surface area (Å²) in [6.07, 6.45) is 2.06. The van der Waals surface area contributed by atoms with E-state index in [4.69, 9.17) is 0 Å². The number of aromatic nitrogens is 1. The molecule has 1 heterocycles. The number of amides is 2. The van der Waals surface area contributed by atoms with Crippen LogP contribution in [0.5, 0.6) is 0 Å². The predicted molar refractivity (Wildman–Crippen MR) is 99.5 cm³/mol. The van der Waals surface area contributed by atoms with Crippen molar-refractivity contribution in [3.8, 4) is 0 Å². The van der Waals surface area contributed by atoms with Gasteiger partial charge in [-0.25, -0.2) is 0 Å². The van der Waals surface area contributed by atoms with Gasteiger partial charge < -0.3 is 15.6 Å². The van der Waals surface area contributed by atoms with Gasteiger partial charge >= 0.3 is 0 Å². The fraction of sp³-hybridized carbons (Fsp3) is 0.150. The number of rotatable bonds is 4. The number of hydrogen-bond acceptors (Lipinski definition) is 3. The Balaban J connectivity index is 1.51. The molecule has 6 heteroatoms. The van der Waals surface area contributed by atoms with Crippen LogP contribution in [0.25, 0.3) is 10.8 Å². The fourth-order valence-corrected chi connectivity index (χ4v) is 2.73. The van der Waals surface area contributed by atoms with Gasteiger partial charge in [-0.15, -0.1) is 0 Å². The summed E-state index contributed by atoms with van der Waals surface area (Å²) in [6.45, 7) is 0. The summed E-state index contributed by atoms with van der Waals surface area (Å²) < 4.78 is 0. The summed E-state index contributed by atoms with van der Waals surface area (Å²) in [7, 11) is 0. The van der Waals surface area contributed by atoms with Gasteiger partial charge in [0.2, 0.25) is 0 Å². The van der Waals surface area contributed by atoms with Crippen LogP contribution in [0.2, 0.25) is 0 Å². The van der Waals surface area contributed by atoms with E-state index in [2.05, 4.69) is 15.6 Å². The van der Waals surface area contributed by atoms with Crippen LogP contribution < -0.4 is 16.2 Å². The Hall–Kier alpha value is -3.41. The Morgan fingerprint density at radius 2 is 1.69 bits per heavy atom. The van der Waals surface area contributed by atoms with Gasteiger partial charge in [-0.05, 0) is 54.6 Å². The smallest absolute Gasteiger partial charge is 0.272 e. The van der Waals surface area contributed by atoms with E-state index in [1.807, 2.05) is 6.07 Å². The first-order chi connectivity index (χ1) is 12.6. The SMILES string of the molecule is O=C(NC1CC1)c1ccc(NC(=O)c2cc3ccccc3c(=O)[nH]2)cc1. The molecule has 4 rings (SSSR count). The minimum atomic E-state index is -0.414. The van der Waals surface area contributed by atoms with Gasteiger partial charge in [0.1, 0.15) is 5.69 Å². The Morgan fingerprint density at radius 1 is 0.962 bits per heavy atom. The molecule has 1 aliphatic rings.